The summed E-state index contributed by atoms with van der Waals surface area (Å²) in [7, 11) is 3.89. The van der Waals surface area contributed by atoms with Crippen molar-refractivity contribution in [3.8, 4) is 0 Å². The van der Waals surface area contributed by atoms with E-state index in [4.69, 9.17) is 11.1 Å². The van der Waals surface area contributed by atoms with Crippen molar-refractivity contribution in [1.82, 2.24) is 10.6 Å². The zero-order valence-electron chi connectivity index (χ0n) is 16.5. The first-order chi connectivity index (χ1) is 13.8. The summed E-state index contributed by atoms with van der Waals surface area (Å²) in [6, 6.07) is 11.6. The lowest BCUT2D eigenvalue weighted by Crippen LogP contribution is -2.46. The van der Waals surface area contributed by atoms with E-state index in [1.165, 1.54) is 0 Å². The van der Waals surface area contributed by atoms with E-state index < -0.39 is 6.04 Å². The monoisotopic (exact) mass is 392 g/mol. The van der Waals surface area contributed by atoms with Gasteiger partial charge in [-0.05, 0) is 42.8 Å². The van der Waals surface area contributed by atoms with Crippen molar-refractivity contribution in [2.24, 2.45) is 0 Å². The second kappa shape index (κ2) is 8.05. The molecule has 2 aromatic carbocycles. The van der Waals surface area contributed by atoms with Crippen LogP contribution in [0.4, 0.5) is 21.9 Å². The largest absolute Gasteiger partial charge is 0.398 e. The number of nitrogens with one attached hydrogen (secondary N) is 4. The number of carbonyl (C=O) groups excluding carboxylic acids is 2. The van der Waals surface area contributed by atoms with Crippen molar-refractivity contribution in [3.05, 3.63) is 64.9 Å². The molecule has 1 atom stereocenters. The predicted octanol–water partition coefficient (Wildman–Crippen LogP) is 2.60. The van der Waals surface area contributed by atoms with Gasteiger partial charge in [0, 0.05) is 48.6 Å². The maximum atomic E-state index is 13.1. The van der Waals surface area contributed by atoms with Crippen LogP contribution >= 0.6 is 0 Å². The quantitative estimate of drug-likeness (QED) is 0.396. The number of allylic oxidation sites excluding steroid dienone is 1. The first kappa shape index (κ1) is 19.9. The molecular formula is C21H24N6O2. The molecule has 3 rings (SSSR count). The lowest BCUT2D eigenvalue weighted by molar-refractivity contribution is -0.113. The highest BCUT2D eigenvalue weighted by atomic mass is 16.2. The van der Waals surface area contributed by atoms with Crippen LogP contribution < -0.4 is 26.6 Å². The Hall–Kier alpha value is -3.81. The standard InChI is InChI=1S/C21H24N6O2/c1-12-18(20(28)25-15-6-9-17(23)14(10-15)11-22)19(26-21(29)24-12)13-4-7-16(8-5-13)27(2)3/h4-11,19,22H,23H2,1-3H3,(H,25,28)(H2,24,26,29). The van der Waals surface area contributed by atoms with E-state index >= 15 is 0 Å². The molecule has 8 nitrogen and oxygen atoms in total. The van der Waals surface area contributed by atoms with Gasteiger partial charge >= 0.3 is 6.03 Å². The number of amides is 3. The highest BCUT2D eigenvalue weighted by molar-refractivity contribution is 6.07. The summed E-state index contributed by atoms with van der Waals surface area (Å²) in [5.74, 6) is -0.350. The van der Waals surface area contributed by atoms with Gasteiger partial charge in [-0.3, -0.25) is 4.79 Å². The highest BCUT2D eigenvalue weighted by Gasteiger charge is 2.31. The van der Waals surface area contributed by atoms with Crippen LogP contribution in [0.3, 0.4) is 0 Å². The third kappa shape index (κ3) is 4.21. The van der Waals surface area contributed by atoms with Crippen LogP contribution in [0.15, 0.2) is 53.7 Å². The number of hydrogen-bond acceptors (Lipinski definition) is 5. The summed E-state index contributed by atoms with van der Waals surface area (Å²) in [5.41, 5.74) is 10.0. The minimum Gasteiger partial charge on any atom is -0.398 e. The maximum absolute atomic E-state index is 13.1. The summed E-state index contributed by atoms with van der Waals surface area (Å²) in [6.45, 7) is 1.70. The van der Waals surface area contributed by atoms with Crippen molar-refractivity contribution < 1.29 is 9.59 Å². The molecule has 1 unspecified atom stereocenters. The molecule has 1 heterocycles. The van der Waals surface area contributed by atoms with Crippen molar-refractivity contribution >= 4 is 35.2 Å². The normalized spacial score (nSPS) is 16.0. The fourth-order valence-electron chi connectivity index (χ4n) is 3.19. The number of benzene rings is 2. The lowest BCUT2D eigenvalue weighted by Gasteiger charge is -2.29. The van der Waals surface area contributed by atoms with E-state index in [9.17, 15) is 9.59 Å². The minimum absolute atomic E-state index is 0.350. The maximum Gasteiger partial charge on any atom is 0.319 e. The number of anilines is 3. The van der Waals surface area contributed by atoms with Gasteiger partial charge in [-0.1, -0.05) is 12.1 Å². The summed E-state index contributed by atoms with van der Waals surface area (Å²) in [4.78, 5) is 27.1. The Morgan fingerprint density at radius 3 is 2.52 bits per heavy atom. The second-order valence-corrected chi connectivity index (χ2v) is 7.00. The molecule has 0 aliphatic carbocycles. The number of urea groups is 1. The molecule has 0 fully saturated rings. The van der Waals surface area contributed by atoms with Gasteiger partial charge in [0.2, 0.25) is 0 Å². The average Bonchev–Trinajstić information content (AvgIpc) is 2.68. The van der Waals surface area contributed by atoms with E-state index in [2.05, 4.69) is 16.0 Å². The predicted molar refractivity (Wildman–Crippen MR) is 115 cm³/mol. The molecule has 0 radical (unpaired) electrons. The van der Waals surface area contributed by atoms with Crippen LogP contribution in [0, 0.1) is 5.41 Å². The first-order valence-corrected chi connectivity index (χ1v) is 9.07. The Morgan fingerprint density at radius 1 is 1.21 bits per heavy atom. The number of nitrogens with zero attached hydrogens (tertiary/aromatic N) is 1. The third-order valence-electron chi connectivity index (χ3n) is 4.76. The second-order valence-electron chi connectivity index (χ2n) is 7.00. The van der Waals surface area contributed by atoms with Crippen molar-refractivity contribution in [1.29, 1.82) is 5.41 Å². The Labute approximate surface area is 169 Å². The minimum atomic E-state index is -0.587. The SMILES string of the molecule is CC1=C(C(=O)Nc2ccc(N)c(C=N)c2)C(c2ccc(N(C)C)cc2)NC(=O)N1. The van der Waals surface area contributed by atoms with Crippen molar-refractivity contribution in [2.75, 3.05) is 30.0 Å². The van der Waals surface area contributed by atoms with Gasteiger partial charge in [-0.15, -0.1) is 0 Å². The van der Waals surface area contributed by atoms with E-state index in [0.29, 0.717) is 28.2 Å². The molecule has 0 spiro atoms. The number of rotatable bonds is 5. The summed E-state index contributed by atoms with van der Waals surface area (Å²) in [5, 5.41) is 15.7. The molecule has 6 N–H and O–H groups in total. The Bertz CT molecular complexity index is 995. The van der Waals surface area contributed by atoms with E-state index in [-0.39, 0.29) is 11.9 Å². The molecule has 0 saturated heterocycles. The number of nitrogens with two attached hydrogens (primary N) is 1. The lowest BCUT2D eigenvalue weighted by atomic mass is 9.94. The fourth-order valence-corrected chi connectivity index (χ4v) is 3.19. The van der Waals surface area contributed by atoms with E-state index in [1.807, 2.05) is 43.3 Å². The first-order valence-electron chi connectivity index (χ1n) is 9.07. The molecule has 29 heavy (non-hydrogen) atoms. The summed E-state index contributed by atoms with van der Waals surface area (Å²) < 4.78 is 0. The van der Waals surface area contributed by atoms with Crippen LogP contribution in [0.5, 0.6) is 0 Å². The van der Waals surface area contributed by atoms with Gasteiger partial charge < -0.3 is 32.0 Å². The van der Waals surface area contributed by atoms with Crippen LogP contribution in [0.2, 0.25) is 0 Å². The molecule has 1 aliphatic heterocycles. The molecular weight excluding hydrogens is 368 g/mol. The molecule has 150 valence electrons. The Morgan fingerprint density at radius 2 is 1.90 bits per heavy atom. The van der Waals surface area contributed by atoms with E-state index in [0.717, 1.165) is 17.5 Å². The number of carbonyl (C=O) groups is 2. The van der Waals surface area contributed by atoms with Gasteiger partial charge in [-0.25, -0.2) is 4.79 Å². The Balaban J connectivity index is 1.93. The number of hydrogen-bond donors (Lipinski definition) is 5. The summed E-state index contributed by atoms with van der Waals surface area (Å²) in [6.07, 6.45) is 1.13. The van der Waals surface area contributed by atoms with Crippen LogP contribution in [-0.2, 0) is 4.79 Å². The van der Waals surface area contributed by atoms with Gasteiger partial charge in [0.05, 0.1) is 11.6 Å². The van der Waals surface area contributed by atoms with Crippen LogP contribution in [-0.4, -0.2) is 32.2 Å². The number of nitrogen functional groups attached to an aromatic ring is 1. The van der Waals surface area contributed by atoms with Gasteiger partial charge in [0.1, 0.15) is 0 Å². The average molecular weight is 392 g/mol. The van der Waals surface area contributed by atoms with E-state index in [1.54, 1.807) is 25.1 Å². The van der Waals surface area contributed by atoms with Crippen LogP contribution in [0.25, 0.3) is 0 Å². The van der Waals surface area contributed by atoms with Gasteiger partial charge in [-0.2, -0.15) is 0 Å². The molecule has 0 saturated carbocycles. The Kier molecular flexibility index (Phi) is 5.54. The van der Waals surface area contributed by atoms with Gasteiger partial charge in [0.25, 0.3) is 5.91 Å². The zero-order chi connectivity index (χ0) is 21.1. The van der Waals surface area contributed by atoms with Gasteiger partial charge in [0.15, 0.2) is 0 Å². The molecule has 2 aromatic rings. The molecule has 0 aromatic heterocycles. The zero-order valence-corrected chi connectivity index (χ0v) is 16.5. The molecule has 3 amide bonds. The topological polar surface area (TPSA) is 123 Å². The molecule has 8 heteroatoms. The highest BCUT2D eigenvalue weighted by Crippen LogP contribution is 2.29. The third-order valence-corrected chi connectivity index (χ3v) is 4.76. The van der Waals surface area contributed by atoms with Crippen LogP contribution in [0.1, 0.15) is 24.1 Å². The molecule has 1 aliphatic rings. The smallest absolute Gasteiger partial charge is 0.319 e. The van der Waals surface area contributed by atoms with Crippen molar-refractivity contribution in [3.63, 3.8) is 0 Å². The fraction of sp³-hybridized carbons (Fsp3) is 0.190. The van der Waals surface area contributed by atoms with Crippen molar-refractivity contribution in [2.45, 2.75) is 13.0 Å². The summed E-state index contributed by atoms with van der Waals surface area (Å²) >= 11 is 0. The molecule has 0 bridgehead atoms.